The molecule has 0 fully saturated rings. The summed E-state index contributed by atoms with van der Waals surface area (Å²) in [6.07, 6.45) is 1.71. The van der Waals surface area contributed by atoms with Gasteiger partial charge in [-0.1, -0.05) is 0 Å². The first-order valence-corrected chi connectivity index (χ1v) is 5.50. The molecule has 0 saturated carbocycles. The zero-order chi connectivity index (χ0) is 10.7. The van der Waals surface area contributed by atoms with Gasteiger partial charge >= 0.3 is 0 Å². The molecule has 15 heavy (non-hydrogen) atoms. The van der Waals surface area contributed by atoms with Crippen LogP contribution < -0.4 is 11.1 Å². The van der Waals surface area contributed by atoms with Gasteiger partial charge in [0.2, 0.25) is 0 Å². The lowest BCUT2D eigenvalue weighted by Crippen LogP contribution is -2.04. The van der Waals surface area contributed by atoms with Crippen molar-refractivity contribution in [2.75, 3.05) is 5.32 Å². The summed E-state index contributed by atoms with van der Waals surface area (Å²) in [5.74, 6) is 1.44. The van der Waals surface area contributed by atoms with Crippen LogP contribution in [0.25, 0.3) is 0 Å². The fourth-order valence-electron chi connectivity index (χ4n) is 1.18. The van der Waals surface area contributed by atoms with Crippen LogP contribution in [0.3, 0.4) is 0 Å². The highest BCUT2D eigenvalue weighted by atomic mass is 32.1. The second-order valence-corrected chi connectivity index (χ2v) is 4.04. The molecule has 0 aromatic carbocycles. The molecule has 0 aliphatic heterocycles. The van der Waals surface area contributed by atoms with E-state index in [4.69, 9.17) is 5.73 Å². The predicted molar refractivity (Wildman–Crippen MR) is 62.3 cm³/mol. The predicted octanol–water partition coefficient (Wildman–Crippen LogP) is 2.05. The van der Waals surface area contributed by atoms with Crippen LogP contribution in [0.15, 0.2) is 23.7 Å². The fourth-order valence-corrected chi connectivity index (χ4v) is 2.01. The zero-order valence-electron chi connectivity index (χ0n) is 8.40. The second-order valence-electron chi connectivity index (χ2n) is 3.12. The molecule has 0 aliphatic carbocycles. The molecule has 0 amide bonds. The molecule has 4 nitrogen and oxygen atoms in total. The minimum absolute atomic E-state index is 0.360. The monoisotopic (exact) mass is 220 g/mol. The summed E-state index contributed by atoms with van der Waals surface area (Å²) in [7, 11) is 0. The summed E-state index contributed by atoms with van der Waals surface area (Å²) in [4.78, 5) is 8.30. The number of aromatic nitrogens is 2. The molecule has 78 valence electrons. The molecular formula is C10H12N4S. The standard InChI is InChI=1S/C10H12N4S/c1-7-3-5-15-10(7)14-8-2-4-12-9(6-11)13-8/h2-5H,6,11H2,1H3,(H,12,13,14). The van der Waals surface area contributed by atoms with E-state index in [-0.39, 0.29) is 0 Å². The van der Waals surface area contributed by atoms with Crippen LogP contribution in [-0.2, 0) is 6.54 Å². The minimum Gasteiger partial charge on any atom is -0.332 e. The summed E-state index contributed by atoms with van der Waals surface area (Å²) < 4.78 is 0. The molecule has 2 heterocycles. The molecule has 0 saturated heterocycles. The normalized spacial score (nSPS) is 10.3. The van der Waals surface area contributed by atoms with Crippen LogP contribution in [0, 0.1) is 6.92 Å². The molecule has 3 N–H and O–H groups in total. The minimum atomic E-state index is 0.360. The average Bonchev–Trinajstić information content (AvgIpc) is 2.65. The van der Waals surface area contributed by atoms with E-state index < -0.39 is 0 Å². The van der Waals surface area contributed by atoms with Crippen molar-refractivity contribution < 1.29 is 0 Å². The van der Waals surface area contributed by atoms with E-state index in [9.17, 15) is 0 Å². The van der Waals surface area contributed by atoms with Gasteiger partial charge in [-0.05, 0) is 30.0 Å². The highest BCUT2D eigenvalue weighted by Crippen LogP contribution is 2.24. The largest absolute Gasteiger partial charge is 0.332 e. The van der Waals surface area contributed by atoms with Gasteiger partial charge in [0.25, 0.3) is 0 Å². The molecule has 0 aliphatic rings. The van der Waals surface area contributed by atoms with Crippen LogP contribution >= 0.6 is 11.3 Å². The Morgan fingerprint density at radius 1 is 1.47 bits per heavy atom. The lowest BCUT2D eigenvalue weighted by molar-refractivity contribution is 0.912. The number of aryl methyl sites for hydroxylation is 1. The summed E-state index contributed by atoms with van der Waals surface area (Å²) in [5.41, 5.74) is 6.69. The molecule has 0 radical (unpaired) electrons. The Hall–Kier alpha value is -1.46. The Morgan fingerprint density at radius 2 is 2.33 bits per heavy atom. The third-order valence-corrected chi connectivity index (χ3v) is 2.92. The average molecular weight is 220 g/mol. The van der Waals surface area contributed by atoms with Crippen molar-refractivity contribution >= 4 is 22.2 Å². The molecule has 2 aromatic heterocycles. The summed E-state index contributed by atoms with van der Waals surface area (Å²) >= 11 is 1.66. The van der Waals surface area contributed by atoms with Crippen molar-refractivity contribution in [2.24, 2.45) is 5.73 Å². The maximum Gasteiger partial charge on any atom is 0.144 e. The number of anilines is 2. The first-order chi connectivity index (χ1) is 7.29. The van der Waals surface area contributed by atoms with E-state index in [1.54, 1.807) is 17.5 Å². The number of nitrogens with zero attached hydrogens (tertiary/aromatic N) is 2. The molecule has 0 atom stereocenters. The van der Waals surface area contributed by atoms with E-state index in [2.05, 4.69) is 28.3 Å². The Bertz CT molecular complexity index is 452. The van der Waals surface area contributed by atoms with E-state index in [1.165, 1.54) is 5.56 Å². The zero-order valence-corrected chi connectivity index (χ0v) is 9.21. The van der Waals surface area contributed by atoms with Crippen LogP contribution in [0.4, 0.5) is 10.8 Å². The first kappa shape index (κ1) is 10.1. The maximum atomic E-state index is 5.47. The highest BCUT2D eigenvalue weighted by molar-refractivity contribution is 7.14. The van der Waals surface area contributed by atoms with E-state index in [0.717, 1.165) is 10.8 Å². The maximum absolute atomic E-state index is 5.47. The van der Waals surface area contributed by atoms with E-state index >= 15 is 0 Å². The smallest absolute Gasteiger partial charge is 0.144 e. The third-order valence-electron chi connectivity index (χ3n) is 1.99. The Kier molecular flexibility index (Phi) is 2.94. The molecule has 5 heteroatoms. The number of thiophene rings is 1. The van der Waals surface area contributed by atoms with Crippen LogP contribution in [0.1, 0.15) is 11.4 Å². The molecular weight excluding hydrogens is 208 g/mol. The number of rotatable bonds is 3. The van der Waals surface area contributed by atoms with E-state index in [1.807, 2.05) is 11.4 Å². The van der Waals surface area contributed by atoms with Gasteiger partial charge in [0.05, 0.1) is 11.5 Å². The summed E-state index contributed by atoms with van der Waals surface area (Å²) in [6.45, 7) is 2.42. The molecule has 0 spiro atoms. The van der Waals surface area contributed by atoms with Crippen molar-refractivity contribution in [2.45, 2.75) is 13.5 Å². The van der Waals surface area contributed by atoms with Gasteiger partial charge in [0.1, 0.15) is 11.6 Å². The number of nitrogens with one attached hydrogen (secondary N) is 1. The Morgan fingerprint density at radius 3 is 3.00 bits per heavy atom. The van der Waals surface area contributed by atoms with Crippen LogP contribution in [0.2, 0.25) is 0 Å². The van der Waals surface area contributed by atoms with Gasteiger partial charge in [-0.15, -0.1) is 11.3 Å². The van der Waals surface area contributed by atoms with Crippen molar-refractivity contribution in [3.05, 3.63) is 35.1 Å². The topological polar surface area (TPSA) is 63.8 Å². The summed E-state index contributed by atoms with van der Waals surface area (Å²) in [5, 5.41) is 6.39. The van der Waals surface area contributed by atoms with Gasteiger partial charge in [-0.3, -0.25) is 0 Å². The lowest BCUT2D eigenvalue weighted by Gasteiger charge is -2.04. The first-order valence-electron chi connectivity index (χ1n) is 4.62. The van der Waals surface area contributed by atoms with Gasteiger partial charge in [-0.25, -0.2) is 9.97 Å². The number of hydrogen-bond donors (Lipinski definition) is 2. The Balaban J connectivity index is 2.21. The highest BCUT2D eigenvalue weighted by Gasteiger charge is 2.01. The van der Waals surface area contributed by atoms with Crippen molar-refractivity contribution in [3.63, 3.8) is 0 Å². The van der Waals surface area contributed by atoms with Crippen molar-refractivity contribution in [1.29, 1.82) is 0 Å². The van der Waals surface area contributed by atoms with Crippen LogP contribution in [0.5, 0.6) is 0 Å². The number of hydrogen-bond acceptors (Lipinski definition) is 5. The quantitative estimate of drug-likeness (QED) is 0.831. The van der Waals surface area contributed by atoms with Crippen LogP contribution in [-0.4, -0.2) is 9.97 Å². The number of nitrogens with two attached hydrogens (primary N) is 1. The molecule has 0 bridgehead atoms. The molecule has 0 unspecified atom stereocenters. The van der Waals surface area contributed by atoms with Gasteiger partial charge in [0.15, 0.2) is 0 Å². The molecule has 2 rings (SSSR count). The molecule has 2 aromatic rings. The lowest BCUT2D eigenvalue weighted by atomic mass is 10.3. The van der Waals surface area contributed by atoms with Crippen molar-refractivity contribution in [3.8, 4) is 0 Å². The summed E-state index contributed by atoms with van der Waals surface area (Å²) in [6, 6.07) is 3.90. The second kappa shape index (κ2) is 4.37. The van der Waals surface area contributed by atoms with E-state index in [0.29, 0.717) is 12.4 Å². The fraction of sp³-hybridized carbons (Fsp3) is 0.200. The Labute approximate surface area is 92.2 Å². The third kappa shape index (κ3) is 2.31. The SMILES string of the molecule is Cc1ccsc1Nc1ccnc(CN)n1. The van der Waals surface area contributed by atoms with Gasteiger partial charge in [0, 0.05) is 6.20 Å². The van der Waals surface area contributed by atoms with Gasteiger partial charge in [-0.2, -0.15) is 0 Å². The van der Waals surface area contributed by atoms with Gasteiger partial charge < -0.3 is 11.1 Å². The van der Waals surface area contributed by atoms with Crippen molar-refractivity contribution in [1.82, 2.24) is 9.97 Å².